The Bertz CT molecular complexity index is 628. The summed E-state index contributed by atoms with van der Waals surface area (Å²) in [6, 6.07) is 17.2. The van der Waals surface area contributed by atoms with E-state index in [9.17, 15) is 4.80 Å². The van der Waals surface area contributed by atoms with E-state index in [2.05, 4.69) is 0 Å². The molecule has 0 saturated heterocycles. The number of aliphatic hydroxyl groups is 1. The molecule has 0 atom stereocenters. The number of hydrogen-bond acceptors (Lipinski definition) is 7. The van der Waals surface area contributed by atoms with Crippen molar-refractivity contribution in [1.29, 1.82) is 0 Å². The summed E-state index contributed by atoms with van der Waals surface area (Å²) in [6.45, 7) is 30.0. The van der Waals surface area contributed by atoms with E-state index in [0.29, 0.717) is 0 Å². The van der Waals surface area contributed by atoms with Crippen LogP contribution >= 0.6 is 0 Å². The van der Waals surface area contributed by atoms with Gasteiger partial charge < -0.3 is 32.0 Å². The van der Waals surface area contributed by atoms with E-state index in [0.717, 1.165) is 23.0 Å². The van der Waals surface area contributed by atoms with Gasteiger partial charge in [-0.1, -0.05) is 157 Å². The maximum absolute atomic E-state index is 9.89. The first-order valence-electron chi connectivity index (χ1n) is 15.5. The van der Waals surface area contributed by atoms with Crippen molar-refractivity contribution in [2.75, 3.05) is 42.7 Å². The Morgan fingerprint density at radius 2 is 0.714 bits per heavy atom. The highest BCUT2D eigenvalue weighted by Crippen LogP contribution is 2.06. The summed E-state index contributed by atoms with van der Waals surface area (Å²) in [5.74, 6) is 0. The van der Waals surface area contributed by atoms with E-state index in [1.54, 1.807) is 21.3 Å². The summed E-state index contributed by atoms with van der Waals surface area (Å²) in [7, 11) is 3.03. The first-order chi connectivity index (χ1) is 20.4. The number of rotatable bonds is 7. The second-order valence-corrected chi connectivity index (χ2v) is 10.9. The van der Waals surface area contributed by atoms with Gasteiger partial charge in [0, 0.05) is 53.0 Å². The van der Waals surface area contributed by atoms with Gasteiger partial charge in [0.05, 0.1) is 0 Å². The van der Waals surface area contributed by atoms with Crippen LogP contribution in [0.15, 0.2) is 54.6 Å². The van der Waals surface area contributed by atoms with Gasteiger partial charge in [0.25, 0.3) is 0 Å². The normalized spacial score (nSPS) is 8.36. The van der Waals surface area contributed by atoms with Crippen LogP contribution in [-0.2, 0) is 22.1 Å². The molecule has 0 radical (unpaired) electrons. The smallest absolute Gasteiger partial charge is 0.400 e. The van der Waals surface area contributed by atoms with E-state index in [4.69, 9.17) is 27.2 Å². The monoisotopic (exact) mass is 638 g/mol. The number of aryl methyl sites for hydroxylation is 1. The first kappa shape index (κ1) is 59.9. The highest BCUT2D eigenvalue weighted by atomic mass is 28.4. The molecule has 2 aromatic rings. The van der Waals surface area contributed by atoms with Gasteiger partial charge >= 0.3 is 17.6 Å². The van der Waals surface area contributed by atoms with Crippen LogP contribution in [0.2, 0.25) is 0 Å². The number of hydrogen-bond donors (Lipinski definition) is 2. The molecular weight excluding hydrogens is 565 g/mol. The molecular formula is C33H74O7Si2. The molecule has 0 aliphatic heterocycles. The second-order valence-electron chi connectivity index (χ2n) is 5.39. The molecule has 0 saturated carbocycles. The maximum atomic E-state index is 9.89. The SMILES string of the molecule is CC.CC.CC.CC.CC.CC.CC.CO.CO[Si](O)(OC)c1ccc(C)cc1.CO[Si](OC)(OC)c1ccccc1. The molecule has 7 nitrogen and oxygen atoms in total. The third kappa shape index (κ3) is 28.7. The van der Waals surface area contributed by atoms with Crippen molar-refractivity contribution >= 4 is 28.0 Å². The molecule has 0 amide bonds. The second kappa shape index (κ2) is 52.3. The number of benzene rings is 2. The molecule has 0 aliphatic rings. The Balaban J connectivity index is -0.0000000621. The van der Waals surface area contributed by atoms with E-state index in [1.807, 2.05) is 158 Å². The van der Waals surface area contributed by atoms with Gasteiger partial charge in [0.2, 0.25) is 0 Å². The van der Waals surface area contributed by atoms with Gasteiger partial charge in [0.1, 0.15) is 0 Å². The van der Waals surface area contributed by atoms with Crippen LogP contribution in [0.1, 0.15) is 102 Å². The van der Waals surface area contributed by atoms with Crippen molar-refractivity contribution in [3.8, 4) is 0 Å². The Morgan fingerprint density at radius 3 is 0.952 bits per heavy atom. The van der Waals surface area contributed by atoms with Gasteiger partial charge in [0.15, 0.2) is 0 Å². The van der Waals surface area contributed by atoms with E-state index in [1.165, 1.54) is 14.2 Å². The zero-order chi connectivity index (χ0) is 35.6. The van der Waals surface area contributed by atoms with E-state index in [-0.39, 0.29) is 0 Å². The summed E-state index contributed by atoms with van der Waals surface area (Å²) < 4.78 is 25.9. The molecule has 0 heterocycles. The lowest BCUT2D eigenvalue weighted by molar-refractivity contribution is 0.140. The lowest BCUT2D eigenvalue weighted by Crippen LogP contribution is -2.54. The molecule has 42 heavy (non-hydrogen) atoms. The van der Waals surface area contributed by atoms with Gasteiger partial charge in [-0.2, -0.15) is 0 Å². The largest absolute Gasteiger partial charge is 0.536 e. The minimum atomic E-state index is -3.10. The molecule has 9 heteroatoms. The van der Waals surface area contributed by atoms with Gasteiger partial charge in [-0.05, 0) is 6.92 Å². The van der Waals surface area contributed by atoms with Crippen LogP contribution in [-0.4, -0.2) is 70.2 Å². The van der Waals surface area contributed by atoms with Gasteiger partial charge in [-0.15, -0.1) is 0 Å². The van der Waals surface area contributed by atoms with Gasteiger partial charge in [-0.25, -0.2) is 0 Å². The lowest BCUT2D eigenvalue weighted by atomic mass is 10.2. The van der Waals surface area contributed by atoms with Gasteiger partial charge in [-0.3, -0.25) is 0 Å². The third-order valence-electron chi connectivity index (χ3n) is 3.90. The fourth-order valence-corrected chi connectivity index (χ4v) is 5.36. The summed E-state index contributed by atoms with van der Waals surface area (Å²) in [6.07, 6.45) is 0. The molecule has 0 unspecified atom stereocenters. The average Bonchev–Trinajstić information content (AvgIpc) is 3.13. The van der Waals surface area contributed by atoms with Crippen LogP contribution in [0.25, 0.3) is 0 Å². The molecule has 0 spiro atoms. The summed E-state index contributed by atoms with van der Waals surface area (Å²) in [5, 5.41) is 8.70. The maximum Gasteiger partial charge on any atom is 0.536 e. The van der Waals surface area contributed by atoms with Crippen LogP contribution < -0.4 is 10.4 Å². The predicted molar refractivity (Wildman–Crippen MR) is 193 cm³/mol. The molecule has 256 valence electrons. The molecule has 2 N–H and O–H groups in total. The van der Waals surface area contributed by atoms with Crippen LogP contribution in [0, 0.1) is 6.92 Å². The predicted octanol–water partition coefficient (Wildman–Crippen LogP) is 7.99. The van der Waals surface area contributed by atoms with Crippen molar-refractivity contribution in [3.63, 3.8) is 0 Å². The van der Waals surface area contributed by atoms with Crippen molar-refractivity contribution < 1.29 is 32.0 Å². The number of aliphatic hydroxyl groups excluding tert-OH is 1. The zero-order valence-corrected chi connectivity index (χ0v) is 33.6. The van der Waals surface area contributed by atoms with Crippen molar-refractivity contribution in [1.82, 2.24) is 0 Å². The first-order valence-corrected chi connectivity index (χ1v) is 19.0. The quantitative estimate of drug-likeness (QED) is 0.297. The molecule has 0 bridgehead atoms. The van der Waals surface area contributed by atoms with Crippen molar-refractivity contribution in [2.24, 2.45) is 0 Å². The summed E-state index contributed by atoms with van der Waals surface area (Å²) in [4.78, 5) is 9.89. The molecule has 0 aliphatic carbocycles. The summed E-state index contributed by atoms with van der Waals surface area (Å²) >= 11 is 0. The average molecular weight is 639 g/mol. The Hall–Kier alpha value is -1.41. The Labute approximate surface area is 266 Å². The van der Waals surface area contributed by atoms with Crippen LogP contribution in [0.5, 0.6) is 0 Å². The van der Waals surface area contributed by atoms with E-state index >= 15 is 0 Å². The Morgan fingerprint density at radius 1 is 0.429 bits per heavy atom. The molecule has 0 aromatic heterocycles. The van der Waals surface area contributed by atoms with Crippen LogP contribution in [0.3, 0.4) is 0 Å². The fraction of sp³-hybridized carbons (Fsp3) is 0.636. The summed E-state index contributed by atoms with van der Waals surface area (Å²) in [5.41, 5.74) is 1.15. The van der Waals surface area contributed by atoms with E-state index < -0.39 is 17.6 Å². The minimum Gasteiger partial charge on any atom is -0.400 e. The zero-order valence-electron chi connectivity index (χ0n) is 31.6. The Kier molecular flexibility index (Phi) is 74.5. The molecule has 0 fully saturated rings. The molecule has 2 aromatic carbocycles. The standard InChI is InChI=1S/2C9H14O3Si.7C2H6.CH4O/c1-8-4-6-9(7-5-8)13(10,11-2)12-3;1-10-13(11-2,12-3)9-7-5-4-6-8-9;8*1-2/h4-7,10H,1-3H3;4-8H,1-3H3;7*1-2H3;2H,1H3. The lowest BCUT2D eigenvalue weighted by Gasteiger charge is -2.24. The highest BCUT2D eigenvalue weighted by molar-refractivity contribution is 6.75. The van der Waals surface area contributed by atoms with Crippen molar-refractivity contribution in [2.45, 2.75) is 104 Å². The van der Waals surface area contributed by atoms with Crippen LogP contribution in [0.4, 0.5) is 0 Å². The topological polar surface area (TPSA) is 86.6 Å². The fourth-order valence-electron chi connectivity index (χ4n) is 2.33. The highest BCUT2D eigenvalue weighted by Gasteiger charge is 2.40. The third-order valence-corrected chi connectivity index (χ3v) is 8.73. The van der Waals surface area contributed by atoms with Crippen molar-refractivity contribution in [3.05, 3.63) is 60.2 Å². The molecule has 2 rings (SSSR count). The minimum absolute atomic E-state index is 0.725.